The highest BCUT2D eigenvalue weighted by Gasteiger charge is 2.29. The molecule has 0 saturated carbocycles. The summed E-state index contributed by atoms with van der Waals surface area (Å²) in [7, 11) is -1.94. The summed E-state index contributed by atoms with van der Waals surface area (Å²) in [5.41, 5.74) is 0. The number of rotatable bonds is 7. The number of nitrogens with one attached hydrogen (secondary N) is 1. The quantitative estimate of drug-likeness (QED) is 0.788. The van der Waals surface area contributed by atoms with Crippen LogP contribution in [0, 0.1) is 0 Å². The molecule has 1 heterocycles. The van der Waals surface area contributed by atoms with E-state index in [0.29, 0.717) is 29.1 Å². The third kappa shape index (κ3) is 4.26. The first kappa shape index (κ1) is 16.9. The third-order valence-corrected chi connectivity index (χ3v) is 6.46. The number of benzene rings is 1. The molecular weight excluding hydrogens is 356 g/mol. The van der Waals surface area contributed by atoms with E-state index in [9.17, 15) is 8.42 Å². The molecule has 1 fully saturated rings. The second-order valence-electron chi connectivity index (χ2n) is 5.08. The first-order valence-corrected chi connectivity index (χ1v) is 9.26. The second kappa shape index (κ2) is 7.69. The predicted molar refractivity (Wildman–Crippen MR) is 85.8 cm³/mol. The van der Waals surface area contributed by atoms with Crippen LogP contribution in [0.1, 0.15) is 12.8 Å². The number of ether oxygens (including phenoxy) is 1. The van der Waals surface area contributed by atoms with Crippen LogP contribution in [0.4, 0.5) is 0 Å². The predicted octanol–water partition coefficient (Wildman–Crippen LogP) is 1.84. The zero-order valence-corrected chi connectivity index (χ0v) is 14.5. The summed E-state index contributed by atoms with van der Waals surface area (Å²) >= 11 is 3.33. The Morgan fingerprint density at radius 2 is 2.19 bits per heavy atom. The fraction of sp³-hybridized carbons (Fsp3) is 0.571. The fourth-order valence-corrected chi connectivity index (χ4v) is 4.89. The maximum atomic E-state index is 12.9. The minimum absolute atomic E-state index is 0.221. The van der Waals surface area contributed by atoms with E-state index in [1.165, 1.54) is 4.31 Å². The summed E-state index contributed by atoms with van der Waals surface area (Å²) in [5, 5.41) is 3.34. The number of methoxy groups -OCH3 is 1. The minimum Gasteiger partial charge on any atom is -0.383 e. The van der Waals surface area contributed by atoms with Crippen molar-refractivity contribution in [1.29, 1.82) is 0 Å². The van der Waals surface area contributed by atoms with Crippen molar-refractivity contribution in [2.45, 2.75) is 23.8 Å². The summed E-state index contributed by atoms with van der Waals surface area (Å²) < 4.78 is 32.9. The summed E-state index contributed by atoms with van der Waals surface area (Å²) in [6.45, 7) is 2.18. The maximum absolute atomic E-state index is 12.9. The third-order valence-electron chi connectivity index (χ3n) is 3.59. The van der Waals surface area contributed by atoms with E-state index in [1.807, 2.05) is 0 Å². The van der Waals surface area contributed by atoms with Crippen LogP contribution in [0.25, 0.3) is 0 Å². The van der Waals surface area contributed by atoms with E-state index >= 15 is 0 Å². The molecule has 1 aromatic rings. The zero-order chi connectivity index (χ0) is 15.3. The van der Waals surface area contributed by atoms with Crippen LogP contribution in [0.3, 0.4) is 0 Å². The largest absolute Gasteiger partial charge is 0.383 e. The number of sulfonamides is 1. The molecule has 1 N–H and O–H groups in total. The summed E-state index contributed by atoms with van der Waals surface area (Å²) in [5.74, 6) is 0. The van der Waals surface area contributed by atoms with Gasteiger partial charge in [-0.1, -0.05) is 12.1 Å². The molecule has 2 rings (SSSR count). The van der Waals surface area contributed by atoms with Crippen LogP contribution < -0.4 is 5.32 Å². The topological polar surface area (TPSA) is 58.6 Å². The van der Waals surface area contributed by atoms with E-state index in [4.69, 9.17) is 4.74 Å². The molecule has 0 amide bonds. The van der Waals surface area contributed by atoms with Gasteiger partial charge in [0.25, 0.3) is 0 Å². The monoisotopic (exact) mass is 376 g/mol. The van der Waals surface area contributed by atoms with Gasteiger partial charge in [-0.25, -0.2) is 8.42 Å². The fourth-order valence-electron chi connectivity index (χ4n) is 2.45. The maximum Gasteiger partial charge on any atom is 0.244 e. The Kier molecular flexibility index (Phi) is 6.19. The van der Waals surface area contributed by atoms with Gasteiger partial charge in [0, 0.05) is 30.7 Å². The lowest BCUT2D eigenvalue weighted by Gasteiger charge is -2.25. The van der Waals surface area contributed by atoms with Crippen molar-refractivity contribution in [2.75, 3.05) is 33.4 Å². The van der Waals surface area contributed by atoms with Crippen LogP contribution in [0.2, 0.25) is 0 Å². The molecule has 5 nitrogen and oxygen atoms in total. The molecule has 21 heavy (non-hydrogen) atoms. The Bertz CT molecular complexity index is 559. The molecule has 0 aromatic heterocycles. The first-order valence-electron chi connectivity index (χ1n) is 7.02. The molecule has 1 aliphatic rings. The van der Waals surface area contributed by atoms with E-state index in [1.54, 1.807) is 31.4 Å². The molecule has 0 spiro atoms. The van der Waals surface area contributed by atoms with Crippen molar-refractivity contribution in [2.24, 2.45) is 0 Å². The van der Waals surface area contributed by atoms with Gasteiger partial charge in [0.05, 0.1) is 11.5 Å². The summed E-state index contributed by atoms with van der Waals surface area (Å²) in [6, 6.07) is 7.14. The molecule has 118 valence electrons. The summed E-state index contributed by atoms with van der Waals surface area (Å²) in [4.78, 5) is 0.305. The molecule has 7 heteroatoms. The van der Waals surface area contributed by atoms with Gasteiger partial charge in [0.1, 0.15) is 0 Å². The Morgan fingerprint density at radius 1 is 1.43 bits per heavy atom. The highest BCUT2D eigenvalue weighted by molar-refractivity contribution is 9.10. The van der Waals surface area contributed by atoms with Crippen molar-refractivity contribution >= 4 is 26.0 Å². The van der Waals surface area contributed by atoms with Crippen LogP contribution in [0.5, 0.6) is 0 Å². The van der Waals surface area contributed by atoms with E-state index in [2.05, 4.69) is 21.2 Å². The van der Waals surface area contributed by atoms with Crippen LogP contribution in [-0.4, -0.2) is 52.1 Å². The second-order valence-corrected chi connectivity index (χ2v) is 7.84. The van der Waals surface area contributed by atoms with Crippen molar-refractivity contribution in [1.82, 2.24) is 9.62 Å². The highest BCUT2D eigenvalue weighted by Crippen LogP contribution is 2.25. The van der Waals surface area contributed by atoms with Gasteiger partial charge in [-0.05, 0) is 47.4 Å². The SMILES string of the molecule is COCCN(CC1CCCN1)S(=O)(=O)c1ccccc1Br. The Balaban J connectivity index is 2.23. The Morgan fingerprint density at radius 3 is 2.81 bits per heavy atom. The number of hydrogen-bond acceptors (Lipinski definition) is 4. The lowest BCUT2D eigenvalue weighted by molar-refractivity contribution is 0.176. The van der Waals surface area contributed by atoms with Crippen LogP contribution in [0.15, 0.2) is 33.6 Å². The van der Waals surface area contributed by atoms with Crippen LogP contribution >= 0.6 is 15.9 Å². The highest BCUT2D eigenvalue weighted by atomic mass is 79.9. The van der Waals surface area contributed by atoms with Crippen molar-refractivity contribution in [3.8, 4) is 0 Å². The van der Waals surface area contributed by atoms with E-state index in [0.717, 1.165) is 19.4 Å². The standard InChI is InChI=1S/C14H21BrN2O3S/c1-20-10-9-17(11-12-5-4-8-16-12)21(18,19)14-7-3-2-6-13(14)15/h2-3,6-7,12,16H,4-5,8-11H2,1H3. The van der Waals surface area contributed by atoms with Gasteiger partial charge in [-0.15, -0.1) is 0 Å². The Labute approximate surface area is 134 Å². The average molecular weight is 377 g/mol. The van der Waals surface area contributed by atoms with Crippen molar-refractivity contribution in [3.63, 3.8) is 0 Å². The van der Waals surface area contributed by atoms with Gasteiger partial charge >= 0.3 is 0 Å². The molecule has 0 aliphatic carbocycles. The van der Waals surface area contributed by atoms with Gasteiger partial charge in [0.2, 0.25) is 10.0 Å². The lowest BCUT2D eigenvalue weighted by Crippen LogP contribution is -2.42. The minimum atomic E-state index is -3.52. The number of hydrogen-bond donors (Lipinski definition) is 1. The molecule has 0 radical (unpaired) electrons. The zero-order valence-electron chi connectivity index (χ0n) is 12.1. The van der Waals surface area contributed by atoms with Gasteiger partial charge in [-0.2, -0.15) is 4.31 Å². The number of nitrogens with zero attached hydrogens (tertiary/aromatic N) is 1. The molecular formula is C14H21BrN2O3S. The molecule has 0 bridgehead atoms. The smallest absolute Gasteiger partial charge is 0.244 e. The average Bonchev–Trinajstić information content (AvgIpc) is 2.96. The summed E-state index contributed by atoms with van der Waals surface area (Å²) in [6.07, 6.45) is 2.10. The van der Waals surface area contributed by atoms with Gasteiger partial charge < -0.3 is 10.1 Å². The van der Waals surface area contributed by atoms with Crippen LogP contribution in [-0.2, 0) is 14.8 Å². The Hall–Kier alpha value is -0.470. The van der Waals surface area contributed by atoms with E-state index in [-0.39, 0.29) is 6.04 Å². The first-order chi connectivity index (χ1) is 10.1. The molecule has 1 saturated heterocycles. The normalized spacial score (nSPS) is 19.3. The molecule has 1 atom stereocenters. The lowest BCUT2D eigenvalue weighted by atomic mass is 10.2. The van der Waals surface area contributed by atoms with Gasteiger partial charge in [0.15, 0.2) is 0 Å². The van der Waals surface area contributed by atoms with Crippen molar-refractivity contribution < 1.29 is 13.2 Å². The van der Waals surface area contributed by atoms with Crippen molar-refractivity contribution in [3.05, 3.63) is 28.7 Å². The molecule has 1 aromatic carbocycles. The molecule has 1 aliphatic heterocycles. The van der Waals surface area contributed by atoms with Gasteiger partial charge in [-0.3, -0.25) is 0 Å². The molecule has 1 unspecified atom stereocenters. The van der Waals surface area contributed by atoms with E-state index < -0.39 is 10.0 Å². The number of halogens is 1.